The first-order valence-electron chi connectivity index (χ1n) is 5.91. The van der Waals surface area contributed by atoms with E-state index >= 15 is 0 Å². The van der Waals surface area contributed by atoms with E-state index in [4.69, 9.17) is 13.6 Å². The Labute approximate surface area is 111 Å². The number of rotatable bonds is 2. The Kier molecular flexibility index (Phi) is 2.76. The Hall–Kier alpha value is -1.93. The molecule has 0 spiro atoms. The molecule has 0 fully saturated rings. The SMILES string of the molecule is Cc1cccc(C)c1OP1(=O)Oc2ccc(cc2)O1. The van der Waals surface area contributed by atoms with Crippen molar-refractivity contribution in [3.8, 4) is 17.2 Å². The number of hydrogen-bond donors (Lipinski definition) is 0. The van der Waals surface area contributed by atoms with Crippen LogP contribution in [-0.4, -0.2) is 0 Å². The summed E-state index contributed by atoms with van der Waals surface area (Å²) in [7, 11) is -3.68. The Morgan fingerprint density at radius 3 is 1.84 bits per heavy atom. The number of benzene rings is 2. The number of hydrogen-bond acceptors (Lipinski definition) is 4. The summed E-state index contributed by atoms with van der Waals surface area (Å²) in [5, 5.41) is 0. The van der Waals surface area contributed by atoms with Crippen LogP contribution in [0.25, 0.3) is 0 Å². The van der Waals surface area contributed by atoms with Crippen LogP contribution in [0.1, 0.15) is 11.1 Å². The predicted molar refractivity (Wildman–Crippen MR) is 71.8 cm³/mol. The maximum absolute atomic E-state index is 12.6. The van der Waals surface area contributed by atoms with Crippen molar-refractivity contribution in [2.75, 3.05) is 0 Å². The largest absolute Gasteiger partial charge is 0.647 e. The normalized spacial score (nSPS) is 15.3. The van der Waals surface area contributed by atoms with Crippen molar-refractivity contribution in [1.82, 2.24) is 0 Å². The Bertz CT molecular complexity index is 614. The van der Waals surface area contributed by atoms with Gasteiger partial charge in [-0.1, -0.05) is 18.2 Å². The molecule has 2 aliphatic heterocycles. The van der Waals surface area contributed by atoms with Gasteiger partial charge in [0.15, 0.2) is 0 Å². The summed E-state index contributed by atoms with van der Waals surface area (Å²) in [6.07, 6.45) is 0. The van der Waals surface area contributed by atoms with Gasteiger partial charge in [-0.3, -0.25) is 0 Å². The quantitative estimate of drug-likeness (QED) is 0.769. The van der Waals surface area contributed by atoms with Crippen molar-refractivity contribution in [2.24, 2.45) is 0 Å². The van der Waals surface area contributed by atoms with E-state index in [0.717, 1.165) is 11.1 Å². The predicted octanol–water partition coefficient (Wildman–Crippen LogP) is 4.26. The first-order valence-corrected chi connectivity index (χ1v) is 7.37. The molecule has 0 amide bonds. The van der Waals surface area contributed by atoms with Crippen molar-refractivity contribution in [3.05, 3.63) is 53.6 Å². The van der Waals surface area contributed by atoms with Crippen molar-refractivity contribution in [2.45, 2.75) is 13.8 Å². The third kappa shape index (κ3) is 2.32. The first kappa shape index (κ1) is 12.1. The molecular weight excluding hydrogens is 263 g/mol. The fraction of sp³-hybridized carbons (Fsp3) is 0.143. The molecule has 0 atom stereocenters. The maximum atomic E-state index is 12.6. The van der Waals surface area contributed by atoms with Gasteiger partial charge in [-0.05, 0) is 49.2 Å². The topological polar surface area (TPSA) is 44.8 Å². The molecule has 0 radical (unpaired) electrons. The Balaban J connectivity index is 1.96. The minimum Gasteiger partial charge on any atom is -0.386 e. The molecule has 98 valence electrons. The fourth-order valence-electron chi connectivity index (χ4n) is 1.93. The Morgan fingerprint density at radius 2 is 1.37 bits per heavy atom. The molecular formula is C14H13O4P. The summed E-state index contributed by atoms with van der Waals surface area (Å²) in [5.41, 5.74) is 1.77. The van der Waals surface area contributed by atoms with Crippen LogP contribution in [0.3, 0.4) is 0 Å². The molecule has 4 nitrogen and oxygen atoms in total. The zero-order chi connectivity index (χ0) is 13.5. The molecule has 0 saturated heterocycles. The molecule has 2 aromatic rings. The minimum absolute atomic E-state index is 0.468. The lowest BCUT2D eigenvalue weighted by molar-refractivity contribution is 0.302. The first-order chi connectivity index (χ1) is 9.06. The lowest BCUT2D eigenvalue weighted by atomic mass is 10.1. The van der Waals surface area contributed by atoms with Gasteiger partial charge in [-0.2, -0.15) is 4.57 Å². The highest BCUT2D eigenvalue weighted by atomic mass is 31.2. The number of phosphoric ester groups is 1. The molecule has 19 heavy (non-hydrogen) atoms. The zero-order valence-electron chi connectivity index (χ0n) is 10.6. The van der Waals surface area contributed by atoms with Crippen LogP contribution in [0.2, 0.25) is 0 Å². The molecule has 0 saturated carbocycles. The number of aryl methyl sites for hydroxylation is 2. The van der Waals surface area contributed by atoms with Gasteiger partial charge in [0.05, 0.1) is 0 Å². The van der Waals surface area contributed by atoms with Gasteiger partial charge in [-0.25, -0.2) is 0 Å². The molecule has 2 aromatic carbocycles. The molecule has 0 aromatic heterocycles. The third-order valence-electron chi connectivity index (χ3n) is 2.87. The van der Waals surface area contributed by atoms with E-state index < -0.39 is 7.82 Å². The lowest BCUT2D eigenvalue weighted by Gasteiger charge is -2.18. The van der Waals surface area contributed by atoms with Gasteiger partial charge in [0.2, 0.25) is 0 Å². The minimum atomic E-state index is -3.68. The number of phosphoric acid groups is 1. The van der Waals surface area contributed by atoms with E-state index in [9.17, 15) is 4.57 Å². The highest BCUT2D eigenvalue weighted by molar-refractivity contribution is 7.49. The summed E-state index contributed by atoms with van der Waals surface area (Å²) >= 11 is 0. The summed E-state index contributed by atoms with van der Waals surface area (Å²) < 4.78 is 28.8. The average Bonchev–Trinajstić information content (AvgIpc) is 2.62. The number of fused-ring (bicyclic) bond motifs is 4. The van der Waals surface area contributed by atoms with Crippen LogP contribution in [0.5, 0.6) is 17.2 Å². The molecule has 5 heteroatoms. The van der Waals surface area contributed by atoms with Crippen LogP contribution in [0.15, 0.2) is 42.5 Å². The second-order valence-corrected chi connectivity index (χ2v) is 5.86. The zero-order valence-corrected chi connectivity index (χ0v) is 11.5. The third-order valence-corrected chi connectivity index (χ3v) is 4.15. The van der Waals surface area contributed by atoms with Gasteiger partial charge >= 0.3 is 7.82 Å². The van der Waals surface area contributed by atoms with Crippen LogP contribution in [0, 0.1) is 13.8 Å². The fourth-order valence-corrected chi connectivity index (χ4v) is 3.31. The highest BCUT2D eigenvalue weighted by Crippen LogP contribution is 2.53. The van der Waals surface area contributed by atoms with Crippen LogP contribution >= 0.6 is 7.82 Å². The van der Waals surface area contributed by atoms with E-state index in [0.29, 0.717) is 17.2 Å². The summed E-state index contributed by atoms with van der Waals surface area (Å²) in [6, 6.07) is 12.5. The smallest absolute Gasteiger partial charge is 0.386 e. The summed E-state index contributed by atoms with van der Waals surface area (Å²) in [4.78, 5) is 0. The van der Waals surface area contributed by atoms with Crippen LogP contribution in [0.4, 0.5) is 0 Å². The lowest BCUT2D eigenvalue weighted by Crippen LogP contribution is -2.06. The molecule has 2 bridgehead atoms. The maximum Gasteiger partial charge on any atom is 0.647 e. The molecule has 2 aliphatic rings. The van der Waals surface area contributed by atoms with Gasteiger partial charge < -0.3 is 13.6 Å². The van der Waals surface area contributed by atoms with Crippen molar-refractivity contribution in [1.29, 1.82) is 0 Å². The van der Waals surface area contributed by atoms with Gasteiger partial charge in [-0.15, -0.1) is 0 Å². The summed E-state index contributed by atoms with van der Waals surface area (Å²) in [6.45, 7) is 3.77. The monoisotopic (exact) mass is 276 g/mol. The number of para-hydroxylation sites is 1. The van der Waals surface area contributed by atoms with Crippen molar-refractivity contribution in [3.63, 3.8) is 0 Å². The Morgan fingerprint density at radius 1 is 0.895 bits per heavy atom. The van der Waals surface area contributed by atoms with Crippen molar-refractivity contribution < 1.29 is 18.1 Å². The second-order valence-electron chi connectivity index (χ2n) is 4.41. The van der Waals surface area contributed by atoms with Gasteiger partial charge in [0.25, 0.3) is 0 Å². The standard InChI is InChI=1S/C14H13O4P/c1-10-4-3-5-11(2)14(10)18-19(15)16-12-6-7-13(17-19)9-8-12/h3-9H,1-2H3. The van der Waals surface area contributed by atoms with Crippen LogP contribution in [-0.2, 0) is 4.57 Å². The summed E-state index contributed by atoms with van der Waals surface area (Å²) in [5.74, 6) is 1.47. The molecule has 0 aliphatic carbocycles. The second kappa shape index (κ2) is 4.32. The molecule has 2 heterocycles. The van der Waals surface area contributed by atoms with Crippen molar-refractivity contribution >= 4 is 7.82 Å². The molecule has 0 N–H and O–H groups in total. The highest BCUT2D eigenvalue weighted by Gasteiger charge is 2.36. The average molecular weight is 276 g/mol. The van der Waals surface area contributed by atoms with E-state index in [-0.39, 0.29) is 0 Å². The van der Waals surface area contributed by atoms with Crippen LogP contribution < -0.4 is 13.6 Å². The molecule has 0 unspecified atom stereocenters. The van der Waals surface area contributed by atoms with E-state index in [1.807, 2.05) is 32.0 Å². The van der Waals surface area contributed by atoms with Gasteiger partial charge in [0.1, 0.15) is 17.2 Å². The molecule has 4 rings (SSSR count). The van der Waals surface area contributed by atoms with Gasteiger partial charge in [0, 0.05) is 0 Å². The van der Waals surface area contributed by atoms with E-state index in [1.165, 1.54) is 0 Å². The van der Waals surface area contributed by atoms with E-state index in [2.05, 4.69) is 0 Å². The van der Waals surface area contributed by atoms with E-state index in [1.54, 1.807) is 24.3 Å².